The first-order valence-corrected chi connectivity index (χ1v) is 5.08. The summed E-state index contributed by atoms with van der Waals surface area (Å²) in [5.74, 6) is -1.36. The summed E-state index contributed by atoms with van der Waals surface area (Å²) in [6, 6.07) is 4.24. The number of alkyl halides is 3. The van der Waals surface area contributed by atoms with Crippen molar-refractivity contribution in [2.45, 2.75) is 6.18 Å². The molecule has 3 nitrogen and oxygen atoms in total. The lowest BCUT2D eigenvalue weighted by molar-refractivity contribution is -0.136. The molecular formula is C11H5ClF3NO2. The number of halogens is 4. The fourth-order valence-corrected chi connectivity index (χ4v) is 1.82. The predicted molar refractivity (Wildman–Crippen MR) is 58.7 cm³/mol. The molecule has 0 atom stereocenters. The molecule has 0 bridgehead atoms. The third-order valence-electron chi connectivity index (χ3n) is 2.34. The molecule has 2 aromatic rings. The molecule has 0 unspecified atom stereocenters. The van der Waals surface area contributed by atoms with Gasteiger partial charge in [0.1, 0.15) is 5.15 Å². The summed E-state index contributed by atoms with van der Waals surface area (Å²) in [4.78, 5) is 14.5. The molecule has 0 aliphatic carbocycles. The Labute approximate surface area is 104 Å². The van der Waals surface area contributed by atoms with E-state index in [1.807, 2.05) is 0 Å². The number of rotatable bonds is 1. The summed E-state index contributed by atoms with van der Waals surface area (Å²) in [6.07, 6.45) is -4.62. The highest BCUT2D eigenvalue weighted by atomic mass is 35.5. The minimum atomic E-state index is -4.62. The van der Waals surface area contributed by atoms with Crippen LogP contribution in [-0.4, -0.2) is 16.1 Å². The molecule has 1 heterocycles. The van der Waals surface area contributed by atoms with Crippen LogP contribution in [0.4, 0.5) is 13.2 Å². The van der Waals surface area contributed by atoms with Crippen molar-refractivity contribution in [1.29, 1.82) is 0 Å². The second-order valence-corrected chi connectivity index (χ2v) is 3.88. The van der Waals surface area contributed by atoms with Crippen molar-refractivity contribution in [3.8, 4) is 0 Å². The van der Waals surface area contributed by atoms with Crippen LogP contribution in [0.2, 0.25) is 5.15 Å². The average molecular weight is 276 g/mol. The number of aromatic carboxylic acids is 1. The minimum absolute atomic E-state index is 0.0956. The highest BCUT2D eigenvalue weighted by Crippen LogP contribution is 2.35. The van der Waals surface area contributed by atoms with Crippen LogP contribution in [0.5, 0.6) is 0 Å². The van der Waals surface area contributed by atoms with Gasteiger partial charge in [0.25, 0.3) is 0 Å². The quantitative estimate of drug-likeness (QED) is 0.809. The van der Waals surface area contributed by atoms with Gasteiger partial charge in [-0.05, 0) is 12.1 Å². The molecule has 94 valence electrons. The lowest BCUT2D eigenvalue weighted by Crippen LogP contribution is -2.08. The van der Waals surface area contributed by atoms with E-state index in [0.717, 1.165) is 18.2 Å². The number of para-hydroxylation sites is 1. The Kier molecular flexibility index (Phi) is 2.90. The number of aromatic nitrogens is 1. The fourth-order valence-electron chi connectivity index (χ4n) is 1.62. The van der Waals surface area contributed by atoms with Gasteiger partial charge < -0.3 is 5.11 Å². The largest absolute Gasteiger partial charge is 0.478 e. The molecule has 7 heteroatoms. The number of nitrogens with zero attached hydrogens (tertiary/aromatic N) is 1. The van der Waals surface area contributed by atoms with Crippen molar-refractivity contribution < 1.29 is 23.1 Å². The third kappa shape index (κ3) is 2.11. The van der Waals surface area contributed by atoms with Crippen molar-refractivity contribution >= 4 is 28.5 Å². The first-order chi connectivity index (χ1) is 8.30. The summed E-state index contributed by atoms with van der Waals surface area (Å²) < 4.78 is 38.3. The molecule has 2 rings (SSSR count). The van der Waals surface area contributed by atoms with E-state index >= 15 is 0 Å². The Morgan fingerprint density at radius 1 is 1.33 bits per heavy atom. The summed E-state index contributed by atoms with van der Waals surface area (Å²) in [6.45, 7) is 0. The Bertz CT molecular complexity index is 640. The number of carboxylic acids is 1. The summed E-state index contributed by atoms with van der Waals surface area (Å²) in [7, 11) is 0. The first-order valence-electron chi connectivity index (χ1n) is 4.70. The molecule has 0 radical (unpaired) electrons. The number of carbonyl (C=O) groups is 1. The van der Waals surface area contributed by atoms with E-state index < -0.39 is 23.2 Å². The lowest BCUT2D eigenvalue weighted by atomic mass is 10.0. The number of fused-ring (bicyclic) bond motifs is 1. The van der Waals surface area contributed by atoms with Crippen LogP contribution in [0.1, 0.15) is 15.9 Å². The zero-order chi connectivity index (χ0) is 13.5. The van der Waals surface area contributed by atoms with Crippen molar-refractivity contribution in [3.05, 3.63) is 40.5 Å². The number of benzene rings is 1. The van der Waals surface area contributed by atoms with E-state index in [9.17, 15) is 18.0 Å². The second-order valence-electron chi connectivity index (χ2n) is 3.50. The predicted octanol–water partition coefficient (Wildman–Crippen LogP) is 3.61. The molecule has 0 saturated carbocycles. The average Bonchev–Trinajstić information content (AvgIpc) is 2.25. The van der Waals surface area contributed by atoms with Crippen LogP contribution in [-0.2, 0) is 6.18 Å². The number of hydrogen-bond donors (Lipinski definition) is 1. The fraction of sp³-hybridized carbons (Fsp3) is 0.0909. The molecular weight excluding hydrogens is 271 g/mol. The van der Waals surface area contributed by atoms with E-state index in [0.29, 0.717) is 0 Å². The smallest absolute Gasteiger partial charge is 0.418 e. The third-order valence-corrected chi connectivity index (χ3v) is 2.54. The van der Waals surface area contributed by atoms with Crippen LogP contribution in [0, 0.1) is 0 Å². The van der Waals surface area contributed by atoms with Gasteiger partial charge in [0.2, 0.25) is 0 Å². The molecule has 0 aliphatic rings. The molecule has 1 aromatic carbocycles. The van der Waals surface area contributed by atoms with Gasteiger partial charge in [-0.15, -0.1) is 0 Å². The van der Waals surface area contributed by atoms with Crippen molar-refractivity contribution in [2.24, 2.45) is 0 Å². The van der Waals surface area contributed by atoms with Gasteiger partial charge in [0, 0.05) is 5.39 Å². The Hall–Kier alpha value is -1.82. The second kappa shape index (κ2) is 4.13. The molecule has 0 saturated heterocycles. The monoisotopic (exact) mass is 275 g/mol. The maximum atomic E-state index is 12.8. The van der Waals surface area contributed by atoms with Gasteiger partial charge in [-0.2, -0.15) is 13.2 Å². The lowest BCUT2D eigenvalue weighted by Gasteiger charge is -2.11. The summed E-state index contributed by atoms with van der Waals surface area (Å²) >= 11 is 5.55. The van der Waals surface area contributed by atoms with Gasteiger partial charge in [0.15, 0.2) is 0 Å². The molecule has 1 aromatic heterocycles. The van der Waals surface area contributed by atoms with Crippen LogP contribution >= 0.6 is 11.6 Å². The standard InChI is InChI=1S/C11H5ClF3NO2/c12-8-4-6(10(17)18)5-2-1-3-7(9(5)16-8)11(13,14)15/h1-4H,(H,17,18). The maximum Gasteiger partial charge on any atom is 0.418 e. The van der Waals surface area contributed by atoms with E-state index in [2.05, 4.69) is 4.98 Å². The molecule has 0 spiro atoms. The maximum absolute atomic E-state index is 12.8. The molecule has 1 N–H and O–H groups in total. The zero-order valence-electron chi connectivity index (χ0n) is 8.62. The highest BCUT2D eigenvalue weighted by Gasteiger charge is 2.33. The molecule has 0 aliphatic heterocycles. The molecule has 0 amide bonds. The summed E-state index contributed by atoms with van der Waals surface area (Å²) in [5.41, 5.74) is -1.78. The van der Waals surface area contributed by atoms with E-state index in [1.54, 1.807) is 0 Å². The molecule has 0 fully saturated rings. The Morgan fingerprint density at radius 3 is 2.56 bits per heavy atom. The minimum Gasteiger partial charge on any atom is -0.478 e. The first kappa shape index (κ1) is 12.6. The highest BCUT2D eigenvalue weighted by molar-refractivity contribution is 6.30. The van der Waals surface area contributed by atoms with Gasteiger partial charge in [0.05, 0.1) is 16.6 Å². The number of carboxylic acid groups (broad SMARTS) is 1. The van der Waals surface area contributed by atoms with Gasteiger partial charge in [-0.3, -0.25) is 0 Å². The number of hydrogen-bond acceptors (Lipinski definition) is 2. The van der Waals surface area contributed by atoms with E-state index in [4.69, 9.17) is 16.7 Å². The number of pyridine rings is 1. The van der Waals surface area contributed by atoms with Crippen molar-refractivity contribution in [2.75, 3.05) is 0 Å². The SMILES string of the molecule is O=C(O)c1cc(Cl)nc2c(C(F)(F)F)cccc12. The van der Waals surface area contributed by atoms with Crippen molar-refractivity contribution in [1.82, 2.24) is 4.98 Å². The van der Waals surface area contributed by atoms with Crippen molar-refractivity contribution in [3.63, 3.8) is 0 Å². The topological polar surface area (TPSA) is 50.2 Å². The summed E-state index contributed by atoms with van der Waals surface area (Å²) in [5, 5.41) is 8.54. The van der Waals surface area contributed by atoms with Gasteiger partial charge in [-0.25, -0.2) is 9.78 Å². The van der Waals surface area contributed by atoms with Gasteiger partial charge in [-0.1, -0.05) is 23.7 Å². The van der Waals surface area contributed by atoms with Crippen LogP contribution in [0.25, 0.3) is 10.9 Å². The van der Waals surface area contributed by atoms with Crippen LogP contribution in [0.3, 0.4) is 0 Å². The van der Waals surface area contributed by atoms with Gasteiger partial charge >= 0.3 is 12.1 Å². The van der Waals surface area contributed by atoms with Crippen LogP contribution < -0.4 is 0 Å². The molecule has 18 heavy (non-hydrogen) atoms. The van der Waals surface area contributed by atoms with E-state index in [1.165, 1.54) is 6.07 Å². The Morgan fingerprint density at radius 2 is 2.00 bits per heavy atom. The normalized spacial score (nSPS) is 11.8. The van der Waals surface area contributed by atoms with Crippen LogP contribution in [0.15, 0.2) is 24.3 Å². The zero-order valence-corrected chi connectivity index (χ0v) is 9.38. The Balaban J connectivity index is 2.90. The van der Waals surface area contributed by atoms with E-state index in [-0.39, 0.29) is 16.1 Å².